The highest BCUT2D eigenvalue weighted by molar-refractivity contribution is 5.74. The number of amides is 1. The van der Waals surface area contributed by atoms with E-state index in [-0.39, 0.29) is 6.61 Å². The van der Waals surface area contributed by atoms with Gasteiger partial charge in [0.2, 0.25) is 5.91 Å². The van der Waals surface area contributed by atoms with E-state index in [0.717, 1.165) is 0 Å². The normalized spacial score (nSPS) is 10.5. The Balaban J connectivity index is 2.98. The Morgan fingerprint density at radius 1 is 1.80 bits per heavy atom. The molecule has 58 valence electrons. The van der Waals surface area contributed by atoms with Crippen LogP contribution in [-0.2, 0) is 9.63 Å². The molecule has 0 aliphatic heterocycles. The summed E-state index contributed by atoms with van der Waals surface area (Å²) in [6, 6.07) is 0. The molecule has 0 aliphatic rings. The Bertz CT molecular complexity index is 123. The molecule has 0 aromatic rings. The molecule has 0 unspecified atom stereocenters. The van der Waals surface area contributed by atoms with Crippen molar-refractivity contribution in [3.8, 4) is 0 Å². The molecule has 0 aromatic carbocycles. The van der Waals surface area contributed by atoms with Gasteiger partial charge in [0.1, 0.15) is 6.61 Å². The van der Waals surface area contributed by atoms with Gasteiger partial charge in [-0.1, -0.05) is 12.2 Å². The summed E-state index contributed by atoms with van der Waals surface area (Å²) in [6.45, 7) is 2.40. The SMILES string of the molecule is C/C=C/CNOCC(N)=O. The number of allylic oxidation sites excluding steroid dienone is 1. The maximum Gasteiger partial charge on any atom is 0.245 e. The highest BCUT2D eigenvalue weighted by atomic mass is 16.6. The van der Waals surface area contributed by atoms with E-state index >= 15 is 0 Å². The van der Waals surface area contributed by atoms with Crippen LogP contribution in [0, 0.1) is 0 Å². The van der Waals surface area contributed by atoms with Crippen molar-refractivity contribution < 1.29 is 9.63 Å². The van der Waals surface area contributed by atoms with Crippen LogP contribution in [0.15, 0.2) is 12.2 Å². The summed E-state index contributed by atoms with van der Waals surface area (Å²) in [5.74, 6) is -0.479. The number of carbonyl (C=O) groups is 1. The van der Waals surface area contributed by atoms with Gasteiger partial charge in [-0.15, -0.1) is 0 Å². The van der Waals surface area contributed by atoms with Gasteiger partial charge < -0.3 is 5.73 Å². The second-order valence-electron chi connectivity index (χ2n) is 1.67. The fourth-order valence-electron chi connectivity index (χ4n) is 0.347. The molecule has 0 fully saturated rings. The molecule has 1 amide bonds. The molecule has 10 heavy (non-hydrogen) atoms. The maximum atomic E-state index is 10.1. The smallest absolute Gasteiger partial charge is 0.245 e. The third-order valence-electron chi connectivity index (χ3n) is 0.753. The summed E-state index contributed by atoms with van der Waals surface area (Å²) in [7, 11) is 0. The van der Waals surface area contributed by atoms with Crippen LogP contribution in [0.5, 0.6) is 0 Å². The van der Waals surface area contributed by atoms with Crippen LogP contribution >= 0.6 is 0 Å². The molecule has 0 spiro atoms. The van der Waals surface area contributed by atoms with Gasteiger partial charge in [0.05, 0.1) is 0 Å². The third kappa shape index (κ3) is 7.13. The molecule has 0 atom stereocenters. The first-order valence-corrected chi connectivity index (χ1v) is 3.01. The lowest BCUT2D eigenvalue weighted by Crippen LogP contribution is -2.24. The van der Waals surface area contributed by atoms with Gasteiger partial charge in [-0.25, -0.2) is 0 Å². The fourth-order valence-corrected chi connectivity index (χ4v) is 0.347. The monoisotopic (exact) mass is 144 g/mol. The fraction of sp³-hybridized carbons (Fsp3) is 0.500. The molecular formula is C6H12N2O2. The standard InChI is InChI=1S/C6H12N2O2/c1-2-3-4-8-10-5-6(7)9/h2-3,8H,4-5H2,1H3,(H2,7,9)/b3-2+. The average molecular weight is 144 g/mol. The lowest BCUT2D eigenvalue weighted by molar-refractivity contribution is -0.124. The van der Waals surface area contributed by atoms with E-state index in [1.165, 1.54) is 0 Å². The second-order valence-corrected chi connectivity index (χ2v) is 1.67. The molecule has 0 heterocycles. The van der Waals surface area contributed by atoms with E-state index in [0.29, 0.717) is 6.54 Å². The van der Waals surface area contributed by atoms with Crippen molar-refractivity contribution in [3.05, 3.63) is 12.2 Å². The average Bonchev–Trinajstić information content (AvgIpc) is 1.87. The molecule has 0 saturated carbocycles. The minimum atomic E-state index is -0.479. The van der Waals surface area contributed by atoms with E-state index in [1.54, 1.807) is 0 Å². The Kier molecular flexibility index (Phi) is 5.71. The zero-order valence-corrected chi connectivity index (χ0v) is 5.96. The Labute approximate surface area is 60.0 Å². The van der Waals surface area contributed by atoms with Crippen LogP contribution in [0.3, 0.4) is 0 Å². The quantitative estimate of drug-likeness (QED) is 0.312. The van der Waals surface area contributed by atoms with Crippen molar-refractivity contribution in [2.24, 2.45) is 5.73 Å². The number of hydrogen-bond donors (Lipinski definition) is 2. The van der Waals surface area contributed by atoms with Crippen LogP contribution in [0.4, 0.5) is 0 Å². The molecule has 3 N–H and O–H groups in total. The minimum absolute atomic E-state index is 0.0858. The van der Waals surface area contributed by atoms with E-state index in [4.69, 9.17) is 5.73 Å². The van der Waals surface area contributed by atoms with Crippen molar-refractivity contribution in [2.45, 2.75) is 6.92 Å². The third-order valence-corrected chi connectivity index (χ3v) is 0.753. The molecule has 0 saturated heterocycles. The van der Waals surface area contributed by atoms with Crippen LogP contribution in [0.2, 0.25) is 0 Å². The van der Waals surface area contributed by atoms with E-state index in [1.807, 2.05) is 19.1 Å². The van der Waals surface area contributed by atoms with Gasteiger partial charge in [-0.05, 0) is 6.92 Å². The highest BCUT2D eigenvalue weighted by Crippen LogP contribution is 1.68. The molecule has 0 radical (unpaired) electrons. The number of carbonyl (C=O) groups excluding carboxylic acids is 1. The summed E-state index contributed by atoms with van der Waals surface area (Å²) in [5.41, 5.74) is 7.32. The van der Waals surface area contributed by atoms with Crippen LogP contribution < -0.4 is 11.2 Å². The van der Waals surface area contributed by atoms with Crippen molar-refractivity contribution in [1.82, 2.24) is 5.48 Å². The Morgan fingerprint density at radius 2 is 2.50 bits per heavy atom. The summed E-state index contributed by atoms with van der Waals surface area (Å²) in [4.78, 5) is 14.7. The molecule has 0 aromatic heterocycles. The van der Waals surface area contributed by atoms with Crippen molar-refractivity contribution in [3.63, 3.8) is 0 Å². The van der Waals surface area contributed by atoms with Crippen LogP contribution in [0.25, 0.3) is 0 Å². The lowest BCUT2D eigenvalue weighted by atomic mass is 10.5. The molecular weight excluding hydrogens is 132 g/mol. The van der Waals surface area contributed by atoms with Gasteiger partial charge in [0.25, 0.3) is 0 Å². The summed E-state index contributed by atoms with van der Waals surface area (Å²) in [6.07, 6.45) is 3.74. The first-order chi connectivity index (χ1) is 4.77. The van der Waals surface area contributed by atoms with Gasteiger partial charge in [-0.3, -0.25) is 9.63 Å². The van der Waals surface area contributed by atoms with Crippen LogP contribution in [-0.4, -0.2) is 19.1 Å². The summed E-state index contributed by atoms with van der Waals surface area (Å²) >= 11 is 0. The van der Waals surface area contributed by atoms with Crippen molar-refractivity contribution in [1.29, 1.82) is 0 Å². The largest absolute Gasteiger partial charge is 0.368 e. The predicted molar refractivity (Wildman–Crippen MR) is 38.0 cm³/mol. The first kappa shape index (κ1) is 9.13. The number of primary amides is 1. The molecule has 4 nitrogen and oxygen atoms in total. The number of nitrogens with two attached hydrogens (primary N) is 1. The number of rotatable bonds is 5. The predicted octanol–water partition coefficient (Wildman–Crippen LogP) is -0.431. The summed E-state index contributed by atoms with van der Waals surface area (Å²) in [5, 5.41) is 0. The maximum absolute atomic E-state index is 10.1. The van der Waals surface area contributed by atoms with E-state index in [2.05, 4.69) is 10.3 Å². The summed E-state index contributed by atoms with van der Waals surface area (Å²) < 4.78 is 0. The second kappa shape index (κ2) is 6.25. The number of hydroxylamine groups is 1. The zero-order chi connectivity index (χ0) is 7.82. The minimum Gasteiger partial charge on any atom is -0.368 e. The molecule has 0 bridgehead atoms. The van der Waals surface area contributed by atoms with Gasteiger partial charge in [0, 0.05) is 6.54 Å². The van der Waals surface area contributed by atoms with Gasteiger partial charge >= 0.3 is 0 Å². The Hall–Kier alpha value is -0.870. The van der Waals surface area contributed by atoms with Gasteiger partial charge in [0.15, 0.2) is 0 Å². The lowest BCUT2D eigenvalue weighted by Gasteiger charge is -1.98. The van der Waals surface area contributed by atoms with Crippen molar-refractivity contribution in [2.75, 3.05) is 13.2 Å². The van der Waals surface area contributed by atoms with E-state index in [9.17, 15) is 4.79 Å². The zero-order valence-electron chi connectivity index (χ0n) is 5.96. The van der Waals surface area contributed by atoms with Crippen LogP contribution in [0.1, 0.15) is 6.92 Å². The first-order valence-electron chi connectivity index (χ1n) is 3.01. The molecule has 0 aliphatic carbocycles. The molecule has 0 rings (SSSR count). The highest BCUT2D eigenvalue weighted by Gasteiger charge is 1.89. The number of nitrogens with one attached hydrogen (secondary N) is 1. The van der Waals surface area contributed by atoms with Crippen molar-refractivity contribution >= 4 is 5.91 Å². The van der Waals surface area contributed by atoms with E-state index < -0.39 is 5.91 Å². The topological polar surface area (TPSA) is 64.3 Å². The molecule has 4 heteroatoms. The van der Waals surface area contributed by atoms with Gasteiger partial charge in [-0.2, -0.15) is 5.48 Å². The number of hydrogen-bond acceptors (Lipinski definition) is 3. The Morgan fingerprint density at radius 3 is 3.00 bits per heavy atom.